The number of benzene rings is 1. The third-order valence-electron chi connectivity index (χ3n) is 4.60. The maximum Gasteiger partial charge on any atom is 0.317 e. The molecular weight excluding hydrogens is 322 g/mol. The van der Waals surface area contributed by atoms with E-state index in [1.807, 2.05) is 23.1 Å². The molecule has 0 radical (unpaired) electrons. The van der Waals surface area contributed by atoms with Crippen molar-refractivity contribution in [2.24, 2.45) is 0 Å². The lowest BCUT2D eigenvalue weighted by Gasteiger charge is -2.36. The zero-order chi connectivity index (χ0) is 17.4. The van der Waals surface area contributed by atoms with Gasteiger partial charge in [0.15, 0.2) is 0 Å². The lowest BCUT2D eigenvalue weighted by Crippen LogP contribution is -2.53. The van der Waals surface area contributed by atoms with E-state index in [0.717, 1.165) is 43.3 Å². The molecule has 5 heteroatoms. The smallest absolute Gasteiger partial charge is 0.317 e. The third-order valence-corrected chi connectivity index (χ3v) is 4.84. The zero-order valence-electron chi connectivity index (χ0n) is 14.9. The molecule has 2 amide bonds. The van der Waals surface area contributed by atoms with Gasteiger partial charge in [-0.05, 0) is 31.5 Å². The second-order valence-corrected chi connectivity index (χ2v) is 7.09. The fourth-order valence-electron chi connectivity index (χ4n) is 3.09. The van der Waals surface area contributed by atoms with Crippen LogP contribution >= 0.6 is 11.6 Å². The highest BCUT2D eigenvalue weighted by molar-refractivity contribution is 6.30. The van der Waals surface area contributed by atoms with Crippen LogP contribution in [0.15, 0.2) is 24.3 Å². The number of halogens is 1. The number of unbranched alkanes of at least 4 members (excludes halogenated alkanes) is 3. The molecule has 1 fully saturated rings. The van der Waals surface area contributed by atoms with Crippen LogP contribution in [0.3, 0.4) is 0 Å². The molecule has 0 saturated carbocycles. The number of hydrogen-bond donors (Lipinski definition) is 1. The summed E-state index contributed by atoms with van der Waals surface area (Å²) in [6.07, 6.45) is 6.05. The van der Waals surface area contributed by atoms with Crippen molar-refractivity contribution >= 4 is 23.3 Å². The molecule has 1 aliphatic rings. The van der Waals surface area contributed by atoms with E-state index in [4.69, 9.17) is 11.6 Å². The van der Waals surface area contributed by atoms with Gasteiger partial charge < -0.3 is 15.1 Å². The lowest BCUT2D eigenvalue weighted by atomic mass is 10.1. The first-order valence-corrected chi connectivity index (χ1v) is 9.54. The molecule has 134 valence electrons. The molecule has 1 saturated heterocycles. The minimum atomic E-state index is 0.0729. The molecule has 1 aromatic carbocycles. The van der Waals surface area contributed by atoms with E-state index in [1.54, 1.807) is 0 Å². The van der Waals surface area contributed by atoms with Crippen molar-refractivity contribution in [2.45, 2.75) is 52.0 Å². The van der Waals surface area contributed by atoms with Crippen molar-refractivity contribution in [3.05, 3.63) is 29.3 Å². The molecule has 24 heavy (non-hydrogen) atoms. The minimum absolute atomic E-state index is 0.0729. The van der Waals surface area contributed by atoms with Crippen molar-refractivity contribution < 1.29 is 4.79 Å². The van der Waals surface area contributed by atoms with Crippen molar-refractivity contribution in [2.75, 3.05) is 31.1 Å². The van der Waals surface area contributed by atoms with Crippen LogP contribution in [-0.2, 0) is 0 Å². The van der Waals surface area contributed by atoms with Gasteiger partial charge in [-0.3, -0.25) is 0 Å². The molecule has 0 spiro atoms. The number of urea groups is 1. The first-order valence-electron chi connectivity index (χ1n) is 9.16. The quantitative estimate of drug-likeness (QED) is 0.732. The highest BCUT2D eigenvalue weighted by atomic mass is 35.5. The summed E-state index contributed by atoms with van der Waals surface area (Å²) >= 11 is 6.06. The van der Waals surface area contributed by atoms with Crippen LogP contribution in [-0.4, -0.2) is 43.2 Å². The van der Waals surface area contributed by atoms with Crippen LogP contribution in [0.1, 0.15) is 46.0 Å². The van der Waals surface area contributed by atoms with Crippen LogP contribution in [0.25, 0.3) is 0 Å². The minimum Gasteiger partial charge on any atom is -0.368 e. The fourth-order valence-corrected chi connectivity index (χ4v) is 3.28. The first kappa shape index (κ1) is 18.9. The van der Waals surface area contributed by atoms with E-state index in [2.05, 4.69) is 30.1 Å². The maximum atomic E-state index is 12.4. The summed E-state index contributed by atoms with van der Waals surface area (Å²) in [5.41, 5.74) is 1.13. The van der Waals surface area contributed by atoms with Gasteiger partial charge in [0.05, 0.1) is 0 Å². The van der Waals surface area contributed by atoms with Crippen molar-refractivity contribution in [1.82, 2.24) is 10.2 Å². The predicted molar refractivity (Wildman–Crippen MR) is 102 cm³/mol. The number of piperazine rings is 1. The van der Waals surface area contributed by atoms with E-state index in [0.29, 0.717) is 0 Å². The SMILES string of the molecule is CCCCCCC(C)NC(=O)N1CCN(c2cccc(Cl)c2)CC1. The first-order chi connectivity index (χ1) is 11.6. The van der Waals surface area contributed by atoms with Gasteiger partial charge in [-0.25, -0.2) is 4.79 Å². The van der Waals surface area contributed by atoms with Crippen LogP contribution in [0, 0.1) is 0 Å². The van der Waals surface area contributed by atoms with Crippen molar-refractivity contribution in [1.29, 1.82) is 0 Å². The number of rotatable bonds is 7. The molecule has 0 bridgehead atoms. The third kappa shape index (κ3) is 5.90. The van der Waals surface area contributed by atoms with Gasteiger partial charge in [0.1, 0.15) is 0 Å². The average Bonchev–Trinajstić information content (AvgIpc) is 2.59. The number of hydrogen-bond acceptors (Lipinski definition) is 2. The normalized spacial score (nSPS) is 16.1. The highest BCUT2D eigenvalue weighted by Crippen LogP contribution is 2.20. The Bertz CT molecular complexity index is 515. The zero-order valence-corrected chi connectivity index (χ0v) is 15.7. The molecule has 1 atom stereocenters. The number of carbonyl (C=O) groups excluding carboxylic acids is 1. The Morgan fingerprint density at radius 3 is 2.62 bits per heavy atom. The summed E-state index contributed by atoms with van der Waals surface area (Å²) in [5, 5.41) is 3.89. The Morgan fingerprint density at radius 2 is 1.96 bits per heavy atom. The Labute approximate surface area is 151 Å². The number of carbonyl (C=O) groups is 1. The summed E-state index contributed by atoms with van der Waals surface area (Å²) in [6.45, 7) is 7.51. The van der Waals surface area contributed by atoms with Gasteiger partial charge in [0, 0.05) is 42.9 Å². The summed E-state index contributed by atoms with van der Waals surface area (Å²) in [5.74, 6) is 0. The van der Waals surface area contributed by atoms with Gasteiger partial charge in [0.25, 0.3) is 0 Å². The average molecular weight is 352 g/mol. The Morgan fingerprint density at radius 1 is 1.21 bits per heavy atom. The van der Waals surface area contributed by atoms with E-state index in [9.17, 15) is 4.79 Å². The van der Waals surface area contributed by atoms with Crippen LogP contribution in [0.4, 0.5) is 10.5 Å². The van der Waals surface area contributed by atoms with E-state index < -0.39 is 0 Å². The number of amides is 2. The molecule has 0 aromatic heterocycles. The number of anilines is 1. The topological polar surface area (TPSA) is 35.6 Å². The van der Waals surface area contributed by atoms with Crippen LogP contribution < -0.4 is 10.2 Å². The van der Waals surface area contributed by atoms with Gasteiger partial charge in [0.2, 0.25) is 0 Å². The van der Waals surface area contributed by atoms with Crippen molar-refractivity contribution in [3.63, 3.8) is 0 Å². The van der Waals surface area contributed by atoms with Gasteiger partial charge in [-0.15, -0.1) is 0 Å². The van der Waals surface area contributed by atoms with Gasteiger partial charge >= 0.3 is 6.03 Å². The molecule has 1 heterocycles. The highest BCUT2D eigenvalue weighted by Gasteiger charge is 2.22. The Balaban J connectivity index is 1.72. The molecular formula is C19H30ClN3O. The molecule has 1 unspecified atom stereocenters. The van der Waals surface area contributed by atoms with Gasteiger partial charge in [-0.2, -0.15) is 0 Å². The molecule has 4 nitrogen and oxygen atoms in total. The maximum absolute atomic E-state index is 12.4. The van der Waals surface area contributed by atoms with Crippen molar-refractivity contribution in [3.8, 4) is 0 Å². The molecule has 1 N–H and O–H groups in total. The van der Waals surface area contributed by atoms with Crippen LogP contribution in [0.5, 0.6) is 0 Å². The van der Waals surface area contributed by atoms with Crippen LogP contribution in [0.2, 0.25) is 5.02 Å². The van der Waals surface area contributed by atoms with E-state index in [1.165, 1.54) is 25.7 Å². The Kier molecular flexibility index (Phi) is 7.70. The molecule has 0 aliphatic carbocycles. The fraction of sp³-hybridized carbons (Fsp3) is 0.632. The standard InChI is InChI=1S/C19H30ClN3O/c1-3-4-5-6-8-16(2)21-19(24)23-13-11-22(12-14-23)18-10-7-9-17(20)15-18/h7,9-10,15-16H,3-6,8,11-14H2,1-2H3,(H,21,24). The molecule has 1 aromatic rings. The monoisotopic (exact) mass is 351 g/mol. The van der Waals surface area contributed by atoms with Gasteiger partial charge in [-0.1, -0.05) is 50.3 Å². The van der Waals surface area contributed by atoms with E-state index >= 15 is 0 Å². The van der Waals surface area contributed by atoms with E-state index in [-0.39, 0.29) is 12.1 Å². The number of nitrogens with zero attached hydrogens (tertiary/aromatic N) is 2. The summed E-state index contributed by atoms with van der Waals surface area (Å²) in [4.78, 5) is 16.6. The lowest BCUT2D eigenvalue weighted by molar-refractivity contribution is 0.190. The predicted octanol–water partition coefficient (Wildman–Crippen LogP) is 4.53. The number of nitrogens with one attached hydrogen (secondary N) is 1. The second-order valence-electron chi connectivity index (χ2n) is 6.65. The molecule has 2 rings (SSSR count). The summed E-state index contributed by atoms with van der Waals surface area (Å²) in [6, 6.07) is 8.23. The Hall–Kier alpha value is -1.42. The second kappa shape index (κ2) is 9.77. The largest absolute Gasteiger partial charge is 0.368 e. The summed E-state index contributed by atoms with van der Waals surface area (Å²) < 4.78 is 0. The molecule has 1 aliphatic heterocycles. The summed E-state index contributed by atoms with van der Waals surface area (Å²) in [7, 11) is 0.